The zero-order chi connectivity index (χ0) is 19.0. The zero-order valence-corrected chi connectivity index (χ0v) is 14.9. The van der Waals surface area contributed by atoms with Gasteiger partial charge in [0.1, 0.15) is 5.82 Å². The third-order valence-corrected chi connectivity index (χ3v) is 4.87. The number of fused-ring (bicyclic) bond motifs is 1. The number of hydrogen-bond donors (Lipinski definition) is 1. The molecule has 3 aromatic rings. The minimum Gasteiger partial charge on any atom is -0.328 e. The average Bonchev–Trinajstić information content (AvgIpc) is 3.25. The summed E-state index contributed by atoms with van der Waals surface area (Å²) in [6.07, 6.45) is 3.90. The van der Waals surface area contributed by atoms with E-state index in [1.165, 1.54) is 18.2 Å². The highest BCUT2D eigenvalue weighted by molar-refractivity contribution is 6.34. The largest absolute Gasteiger partial charge is 0.328 e. The van der Waals surface area contributed by atoms with Crippen molar-refractivity contribution in [2.45, 2.75) is 19.4 Å². The van der Waals surface area contributed by atoms with Gasteiger partial charge in [0.05, 0.1) is 27.4 Å². The minimum absolute atomic E-state index is 0.0570. The van der Waals surface area contributed by atoms with Gasteiger partial charge in [-0.1, -0.05) is 23.7 Å². The molecule has 1 N–H and O–H groups in total. The van der Waals surface area contributed by atoms with E-state index in [4.69, 9.17) is 11.6 Å². The summed E-state index contributed by atoms with van der Waals surface area (Å²) in [7, 11) is 0. The van der Waals surface area contributed by atoms with Crippen LogP contribution >= 0.6 is 11.6 Å². The van der Waals surface area contributed by atoms with Crippen molar-refractivity contribution in [3.8, 4) is 11.3 Å². The number of nitrogens with one attached hydrogen (secondary N) is 1. The van der Waals surface area contributed by atoms with Gasteiger partial charge in [0.15, 0.2) is 0 Å². The van der Waals surface area contributed by atoms with Crippen molar-refractivity contribution in [1.29, 1.82) is 0 Å². The summed E-state index contributed by atoms with van der Waals surface area (Å²) in [5, 5.41) is 13.9. The highest BCUT2D eigenvalue weighted by atomic mass is 35.5. The van der Waals surface area contributed by atoms with Crippen molar-refractivity contribution in [1.82, 2.24) is 9.55 Å². The Morgan fingerprint density at radius 1 is 1.26 bits per heavy atom. The molecule has 7 nitrogen and oxygen atoms in total. The zero-order valence-electron chi connectivity index (χ0n) is 14.2. The summed E-state index contributed by atoms with van der Waals surface area (Å²) in [6.45, 7) is 0.935. The Labute approximate surface area is 159 Å². The van der Waals surface area contributed by atoms with Crippen LogP contribution in [0.3, 0.4) is 0 Å². The van der Waals surface area contributed by atoms with Crippen molar-refractivity contribution in [3.05, 3.63) is 75.2 Å². The second-order valence-corrected chi connectivity index (χ2v) is 6.68. The van der Waals surface area contributed by atoms with Gasteiger partial charge in [0.25, 0.3) is 11.6 Å². The number of non-ortho nitro benzene ring substituents is 1. The van der Waals surface area contributed by atoms with E-state index >= 15 is 0 Å². The first-order valence-electron chi connectivity index (χ1n) is 8.43. The number of aryl methyl sites for hydroxylation is 1. The monoisotopic (exact) mass is 382 g/mol. The fourth-order valence-corrected chi connectivity index (χ4v) is 3.45. The number of carbonyl (C=O) groups is 1. The van der Waals surface area contributed by atoms with E-state index in [2.05, 4.69) is 14.9 Å². The lowest BCUT2D eigenvalue weighted by Crippen LogP contribution is -2.13. The Bertz CT molecular complexity index is 1060. The topological polar surface area (TPSA) is 90.1 Å². The molecule has 0 aliphatic carbocycles. The number of imidazole rings is 1. The normalized spacial score (nSPS) is 12.6. The van der Waals surface area contributed by atoms with E-state index < -0.39 is 10.8 Å². The van der Waals surface area contributed by atoms with Gasteiger partial charge in [-0.05, 0) is 24.6 Å². The lowest BCUT2D eigenvalue weighted by molar-refractivity contribution is -0.384. The van der Waals surface area contributed by atoms with Crippen LogP contribution in [-0.4, -0.2) is 20.4 Å². The number of carbonyl (C=O) groups excluding carboxylic acids is 1. The second kappa shape index (κ2) is 6.85. The van der Waals surface area contributed by atoms with E-state index in [0.717, 1.165) is 36.5 Å². The first-order chi connectivity index (χ1) is 13.0. The maximum Gasteiger partial charge on any atom is 0.270 e. The molecule has 8 heteroatoms. The number of rotatable bonds is 4. The standard InChI is InChI=1S/C19H15ClN4O3/c20-16-7-6-14(24(26)27)10-15(16)19(25)22-13-4-1-3-12(9-13)17-11-21-18-5-2-8-23(17)18/h1,3-4,6-7,9-11H,2,5,8H2,(H,22,25). The van der Waals surface area contributed by atoms with E-state index in [-0.39, 0.29) is 16.3 Å². The van der Waals surface area contributed by atoms with Crippen LogP contribution in [0.4, 0.5) is 11.4 Å². The fraction of sp³-hybridized carbons (Fsp3) is 0.158. The first-order valence-corrected chi connectivity index (χ1v) is 8.81. The van der Waals surface area contributed by atoms with Gasteiger partial charge in [-0.25, -0.2) is 4.98 Å². The third kappa shape index (κ3) is 3.29. The third-order valence-electron chi connectivity index (χ3n) is 4.54. The predicted octanol–water partition coefficient (Wildman–Crippen LogP) is 4.31. The van der Waals surface area contributed by atoms with Gasteiger partial charge >= 0.3 is 0 Å². The number of anilines is 1. The molecule has 0 saturated heterocycles. The molecule has 0 bridgehead atoms. The Morgan fingerprint density at radius 2 is 2.11 bits per heavy atom. The second-order valence-electron chi connectivity index (χ2n) is 6.27. The minimum atomic E-state index is -0.562. The van der Waals surface area contributed by atoms with Crippen molar-refractivity contribution in [2.75, 3.05) is 5.32 Å². The summed E-state index contributed by atoms with van der Waals surface area (Å²) >= 11 is 6.04. The van der Waals surface area contributed by atoms with E-state index in [0.29, 0.717) is 5.69 Å². The number of nitro benzene ring substituents is 1. The molecule has 0 atom stereocenters. The maximum atomic E-state index is 12.6. The Balaban J connectivity index is 1.61. The van der Waals surface area contributed by atoms with Crippen LogP contribution in [0.1, 0.15) is 22.6 Å². The first kappa shape index (κ1) is 17.2. The summed E-state index contributed by atoms with van der Waals surface area (Å²) in [5.41, 5.74) is 2.40. The molecule has 1 aromatic heterocycles. The van der Waals surface area contributed by atoms with Gasteiger partial charge in [0, 0.05) is 36.3 Å². The molecule has 27 heavy (non-hydrogen) atoms. The lowest BCUT2D eigenvalue weighted by Gasteiger charge is -2.10. The molecule has 1 aliphatic rings. The van der Waals surface area contributed by atoms with Crippen molar-refractivity contribution in [3.63, 3.8) is 0 Å². The Hall–Kier alpha value is -3.19. The number of aromatic nitrogens is 2. The molecule has 0 fully saturated rings. The molecular weight excluding hydrogens is 368 g/mol. The van der Waals surface area contributed by atoms with Crippen LogP contribution in [0.2, 0.25) is 5.02 Å². The molecule has 4 rings (SSSR count). The van der Waals surface area contributed by atoms with Crippen LogP contribution in [0.15, 0.2) is 48.7 Å². The van der Waals surface area contributed by atoms with Crippen LogP contribution in [0.25, 0.3) is 11.3 Å². The SMILES string of the molecule is O=C(Nc1cccc(-c2cnc3n2CCC3)c1)c1cc([N+](=O)[O-])ccc1Cl. The highest BCUT2D eigenvalue weighted by Gasteiger charge is 2.18. The smallest absolute Gasteiger partial charge is 0.270 e. The molecule has 1 amide bonds. The molecular formula is C19H15ClN4O3. The van der Waals surface area contributed by atoms with Gasteiger partial charge in [-0.15, -0.1) is 0 Å². The number of halogens is 1. The fourth-order valence-electron chi connectivity index (χ4n) is 3.24. The number of nitro groups is 1. The quantitative estimate of drug-likeness (QED) is 0.537. The van der Waals surface area contributed by atoms with Gasteiger partial charge in [-0.3, -0.25) is 14.9 Å². The maximum absolute atomic E-state index is 12.6. The number of amides is 1. The van der Waals surface area contributed by atoms with Crippen LogP contribution < -0.4 is 5.32 Å². The Morgan fingerprint density at radius 3 is 2.93 bits per heavy atom. The molecule has 0 radical (unpaired) electrons. The molecule has 1 aliphatic heterocycles. The molecule has 136 valence electrons. The highest BCUT2D eigenvalue weighted by Crippen LogP contribution is 2.28. The molecule has 2 aromatic carbocycles. The van der Waals surface area contributed by atoms with Crippen LogP contribution in [0.5, 0.6) is 0 Å². The van der Waals surface area contributed by atoms with Gasteiger partial charge in [0.2, 0.25) is 0 Å². The number of benzene rings is 2. The molecule has 0 unspecified atom stereocenters. The summed E-state index contributed by atoms with van der Waals surface area (Å²) in [4.78, 5) is 27.4. The Kier molecular flexibility index (Phi) is 4.37. The van der Waals surface area contributed by atoms with Gasteiger partial charge in [-0.2, -0.15) is 0 Å². The van der Waals surface area contributed by atoms with Crippen molar-refractivity contribution >= 4 is 28.9 Å². The van der Waals surface area contributed by atoms with Crippen LogP contribution in [-0.2, 0) is 13.0 Å². The summed E-state index contributed by atoms with van der Waals surface area (Å²) in [5.74, 6) is 0.571. The van der Waals surface area contributed by atoms with E-state index in [1.54, 1.807) is 6.07 Å². The van der Waals surface area contributed by atoms with Crippen molar-refractivity contribution < 1.29 is 9.72 Å². The molecule has 2 heterocycles. The molecule has 0 spiro atoms. The number of hydrogen-bond acceptors (Lipinski definition) is 4. The van der Waals surface area contributed by atoms with Crippen molar-refractivity contribution in [2.24, 2.45) is 0 Å². The van der Waals surface area contributed by atoms with E-state index in [9.17, 15) is 14.9 Å². The van der Waals surface area contributed by atoms with E-state index in [1.807, 2.05) is 24.4 Å². The average molecular weight is 383 g/mol. The lowest BCUT2D eigenvalue weighted by atomic mass is 10.1. The molecule has 0 saturated carbocycles. The predicted molar refractivity (Wildman–Crippen MR) is 102 cm³/mol. The number of nitrogens with zero attached hydrogens (tertiary/aromatic N) is 3. The van der Waals surface area contributed by atoms with Gasteiger partial charge < -0.3 is 9.88 Å². The summed E-state index contributed by atoms with van der Waals surface area (Å²) in [6, 6.07) is 11.2. The van der Waals surface area contributed by atoms with Crippen LogP contribution in [0, 0.1) is 10.1 Å². The summed E-state index contributed by atoms with van der Waals surface area (Å²) < 4.78 is 2.18.